The zero-order chi connectivity index (χ0) is 15.8. The Morgan fingerprint density at radius 1 is 1.14 bits per heavy atom. The zero-order valence-electron chi connectivity index (χ0n) is 13.0. The minimum absolute atomic E-state index is 0.0809. The van der Waals surface area contributed by atoms with E-state index in [1.54, 1.807) is 6.20 Å². The van der Waals surface area contributed by atoms with Crippen molar-refractivity contribution in [3.63, 3.8) is 0 Å². The predicted molar refractivity (Wildman–Crippen MR) is 89.6 cm³/mol. The van der Waals surface area contributed by atoms with E-state index < -0.39 is 0 Å². The average Bonchev–Trinajstić information content (AvgIpc) is 2.55. The van der Waals surface area contributed by atoms with E-state index >= 15 is 0 Å². The number of aromatic nitrogens is 2. The second-order valence-electron chi connectivity index (χ2n) is 5.36. The second-order valence-corrected chi connectivity index (χ2v) is 5.36. The summed E-state index contributed by atoms with van der Waals surface area (Å²) in [5.74, 6) is 1.14. The Labute approximate surface area is 131 Å². The normalized spacial score (nSPS) is 10.6. The Morgan fingerprint density at radius 3 is 2.55 bits per heavy atom. The molecule has 0 amide bonds. The smallest absolute Gasteiger partial charge is 0.221 e. The number of nitrogens with zero attached hydrogens (tertiary/aromatic N) is 2. The lowest BCUT2D eigenvalue weighted by atomic mass is 10.0. The number of hydrogen-bond donors (Lipinski definition) is 3. The van der Waals surface area contributed by atoms with Crippen molar-refractivity contribution in [3.8, 4) is 0 Å². The molecule has 22 heavy (non-hydrogen) atoms. The van der Waals surface area contributed by atoms with E-state index in [4.69, 9.17) is 10.8 Å². The molecule has 5 heteroatoms. The van der Waals surface area contributed by atoms with Crippen molar-refractivity contribution in [1.82, 2.24) is 9.97 Å². The monoisotopic (exact) mass is 300 g/mol. The standard InChI is InChI=1S/C17H24N4O/c1-2-3-10-19-16-15(11-20-17(18)21-16)9-8-13-4-6-14(12-22)7-5-13/h4-7,11,22H,2-3,8-10,12H2,1H3,(H3,18,19,20,21). The first-order chi connectivity index (χ1) is 10.7. The van der Waals surface area contributed by atoms with Crippen molar-refractivity contribution in [2.75, 3.05) is 17.6 Å². The highest BCUT2D eigenvalue weighted by Gasteiger charge is 2.06. The molecule has 0 fully saturated rings. The van der Waals surface area contributed by atoms with Crippen molar-refractivity contribution >= 4 is 11.8 Å². The van der Waals surface area contributed by atoms with Crippen LogP contribution in [-0.2, 0) is 19.4 Å². The molecule has 5 nitrogen and oxygen atoms in total. The first kappa shape index (κ1) is 16.2. The summed E-state index contributed by atoms with van der Waals surface area (Å²) < 4.78 is 0. The van der Waals surface area contributed by atoms with Gasteiger partial charge in [0.05, 0.1) is 6.61 Å². The third kappa shape index (κ3) is 4.70. The SMILES string of the molecule is CCCCNc1nc(N)ncc1CCc1ccc(CO)cc1. The average molecular weight is 300 g/mol. The van der Waals surface area contributed by atoms with Crippen LogP contribution in [0.4, 0.5) is 11.8 Å². The largest absolute Gasteiger partial charge is 0.392 e. The minimum atomic E-state index is 0.0809. The minimum Gasteiger partial charge on any atom is -0.392 e. The fraction of sp³-hybridized carbons (Fsp3) is 0.412. The van der Waals surface area contributed by atoms with Gasteiger partial charge in [-0.3, -0.25) is 0 Å². The van der Waals surface area contributed by atoms with Crippen LogP contribution in [0, 0.1) is 0 Å². The fourth-order valence-electron chi connectivity index (χ4n) is 2.23. The van der Waals surface area contributed by atoms with Crippen LogP contribution in [0.25, 0.3) is 0 Å². The Hall–Kier alpha value is -2.14. The summed E-state index contributed by atoms with van der Waals surface area (Å²) in [6.07, 6.45) is 5.80. The number of nitrogen functional groups attached to an aromatic ring is 1. The lowest BCUT2D eigenvalue weighted by Gasteiger charge is -2.11. The highest BCUT2D eigenvalue weighted by molar-refractivity contribution is 5.46. The summed E-state index contributed by atoms with van der Waals surface area (Å²) in [4.78, 5) is 8.41. The molecular weight excluding hydrogens is 276 g/mol. The topological polar surface area (TPSA) is 84.1 Å². The number of hydrogen-bond acceptors (Lipinski definition) is 5. The summed E-state index contributed by atoms with van der Waals surface area (Å²) in [5.41, 5.74) is 8.93. The van der Waals surface area contributed by atoms with Gasteiger partial charge in [-0.25, -0.2) is 4.98 Å². The second kappa shape index (κ2) is 8.34. The molecule has 1 aromatic carbocycles. The number of anilines is 2. The van der Waals surface area contributed by atoms with E-state index in [1.807, 2.05) is 24.3 Å². The Balaban J connectivity index is 2.01. The highest BCUT2D eigenvalue weighted by Crippen LogP contribution is 2.16. The van der Waals surface area contributed by atoms with Crippen LogP contribution < -0.4 is 11.1 Å². The van der Waals surface area contributed by atoms with Crippen LogP contribution in [-0.4, -0.2) is 21.6 Å². The van der Waals surface area contributed by atoms with Gasteiger partial charge in [-0.15, -0.1) is 0 Å². The van der Waals surface area contributed by atoms with Crippen LogP contribution in [0.5, 0.6) is 0 Å². The number of unbranched alkanes of at least 4 members (excludes halogenated alkanes) is 1. The van der Waals surface area contributed by atoms with E-state index in [9.17, 15) is 0 Å². The summed E-state index contributed by atoms with van der Waals surface area (Å²) >= 11 is 0. The van der Waals surface area contributed by atoms with Gasteiger partial charge >= 0.3 is 0 Å². The molecule has 2 rings (SSSR count). The summed E-state index contributed by atoms with van der Waals surface area (Å²) in [7, 11) is 0. The molecule has 0 aliphatic rings. The van der Waals surface area contributed by atoms with E-state index in [-0.39, 0.29) is 6.61 Å². The molecule has 0 spiro atoms. The number of nitrogens with two attached hydrogens (primary N) is 1. The number of aryl methyl sites for hydroxylation is 2. The van der Waals surface area contributed by atoms with Gasteiger partial charge in [-0.2, -0.15) is 4.98 Å². The highest BCUT2D eigenvalue weighted by atomic mass is 16.3. The fourth-order valence-corrected chi connectivity index (χ4v) is 2.23. The molecule has 0 aliphatic heterocycles. The first-order valence-corrected chi connectivity index (χ1v) is 7.77. The third-order valence-corrected chi connectivity index (χ3v) is 3.59. The maximum absolute atomic E-state index is 9.06. The summed E-state index contributed by atoms with van der Waals surface area (Å²) in [6.45, 7) is 3.13. The van der Waals surface area contributed by atoms with E-state index in [0.29, 0.717) is 5.95 Å². The Morgan fingerprint density at radius 2 is 1.86 bits per heavy atom. The van der Waals surface area contributed by atoms with Gasteiger partial charge in [0, 0.05) is 18.3 Å². The van der Waals surface area contributed by atoms with Gasteiger partial charge < -0.3 is 16.2 Å². The van der Waals surface area contributed by atoms with Gasteiger partial charge in [-0.05, 0) is 30.4 Å². The lowest BCUT2D eigenvalue weighted by Crippen LogP contribution is -2.09. The maximum atomic E-state index is 9.06. The summed E-state index contributed by atoms with van der Waals surface area (Å²) in [5, 5.41) is 12.4. The number of rotatable bonds is 8. The molecule has 118 valence electrons. The third-order valence-electron chi connectivity index (χ3n) is 3.59. The lowest BCUT2D eigenvalue weighted by molar-refractivity contribution is 0.282. The van der Waals surface area contributed by atoms with Crippen molar-refractivity contribution < 1.29 is 5.11 Å². The molecule has 0 bridgehead atoms. The predicted octanol–water partition coefficient (Wildman–Crippen LogP) is 2.55. The molecule has 0 aliphatic carbocycles. The Bertz CT molecular complexity index is 584. The molecule has 0 saturated carbocycles. The molecule has 0 saturated heterocycles. The van der Waals surface area contributed by atoms with Crippen molar-refractivity contribution in [2.45, 2.75) is 39.2 Å². The molecule has 4 N–H and O–H groups in total. The molecule has 0 radical (unpaired) electrons. The maximum Gasteiger partial charge on any atom is 0.221 e. The number of benzene rings is 1. The quantitative estimate of drug-likeness (QED) is 0.652. The van der Waals surface area contributed by atoms with Gasteiger partial charge in [0.2, 0.25) is 5.95 Å². The number of aliphatic hydroxyl groups is 1. The van der Waals surface area contributed by atoms with Gasteiger partial charge in [0.15, 0.2) is 0 Å². The summed E-state index contributed by atoms with van der Waals surface area (Å²) in [6, 6.07) is 8.01. The van der Waals surface area contributed by atoms with Gasteiger partial charge in [0.25, 0.3) is 0 Å². The molecule has 0 atom stereocenters. The van der Waals surface area contributed by atoms with Crippen LogP contribution in [0.1, 0.15) is 36.5 Å². The van der Waals surface area contributed by atoms with Gasteiger partial charge in [-0.1, -0.05) is 37.6 Å². The van der Waals surface area contributed by atoms with E-state index in [0.717, 1.165) is 49.2 Å². The van der Waals surface area contributed by atoms with Crippen LogP contribution in [0.15, 0.2) is 30.5 Å². The van der Waals surface area contributed by atoms with Crippen LogP contribution in [0.2, 0.25) is 0 Å². The van der Waals surface area contributed by atoms with Crippen molar-refractivity contribution in [3.05, 3.63) is 47.2 Å². The number of aliphatic hydroxyl groups excluding tert-OH is 1. The zero-order valence-corrected chi connectivity index (χ0v) is 13.0. The van der Waals surface area contributed by atoms with Crippen molar-refractivity contribution in [2.24, 2.45) is 0 Å². The van der Waals surface area contributed by atoms with E-state index in [2.05, 4.69) is 22.2 Å². The molecule has 0 unspecified atom stereocenters. The molecule has 1 aromatic heterocycles. The molecular formula is C17H24N4O. The van der Waals surface area contributed by atoms with Crippen LogP contribution in [0.3, 0.4) is 0 Å². The van der Waals surface area contributed by atoms with Crippen LogP contribution >= 0.6 is 0 Å². The Kier molecular flexibility index (Phi) is 6.15. The van der Waals surface area contributed by atoms with Gasteiger partial charge in [0.1, 0.15) is 5.82 Å². The van der Waals surface area contributed by atoms with Crippen molar-refractivity contribution in [1.29, 1.82) is 0 Å². The molecule has 2 aromatic rings. The van der Waals surface area contributed by atoms with E-state index in [1.165, 1.54) is 5.56 Å². The molecule has 1 heterocycles. The number of nitrogens with one attached hydrogen (secondary N) is 1. The first-order valence-electron chi connectivity index (χ1n) is 7.77.